The molecule has 9 heteroatoms. The van der Waals surface area contributed by atoms with Gasteiger partial charge in [0.15, 0.2) is 18.1 Å². The average Bonchev–Trinajstić information content (AvgIpc) is 3.37. The van der Waals surface area contributed by atoms with Crippen LogP contribution in [-0.2, 0) is 17.8 Å². The predicted molar refractivity (Wildman–Crippen MR) is 129 cm³/mol. The van der Waals surface area contributed by atoms with Crippen molar-refractivity contribution in [3.63, 3.8) is 0 Å². The van der Waals surface area contributed by atoms with Crippen LogP contribution in [0.1, 0.15) is 11.5 Å². The summed E-state index contributed by atoms with van der Waals surface area (Å²) in [5.41, 5.74) is 2.26. The Morgan fingerprint density at radius 3 is 2.23 bits per heavy atom. The Bertz CT molecular complexity index is 1270. The van der Waals surface area contributed by atoms with E-state index < -0.39 is 0 Å². The summed E-state index contributed by atoms with van der Waals surface area (Å²) in [6, 6.07) is 19.8. The fraction of sp³-hybridized carbons (Fsp3) is 0.192. The lowest BCUT2D eigenvalue weighted by Gasteiger charge is -2.10. The maximum Gasteiger partial charge on any atom is 0.254 e. The van der Waals surface area contributed by atoms with E-state index >= 15 is 0 Å². The van der Waals surface area contributed by atoms with Crippen molar-refractivity contribution in [2.24, 2.45) is 0 Å². The molecule has 3 aromatic carbocycles. The van der Waals surface area contributed by atoms with E-state index in [1.165, 1.54) is 0 Å². The van der Waals surface area contributed by atoms with Crippen LogP contribution < -0.4 is 24.3 Å². The van der Waals surface area contributed by atoms with Crippen LogP contribution in [0.15, 0.2) is 71.1 Å². The normalized spacial score (nSPS) is 10.5. The van der Waals surface area contributed by atoms with Crippen molar-refractivity contribution >= 4 is 11.6 Å². The molecule has 0 fully saturated rings. The molecule has 4 rings (SSSR count). The Balaban J connectivity index is 1.29. The minimum atomic E-state index is -0.150. The van der Waals surface area contributed by atoms with E-state index in [1.54, 1.807) is 57.7 Å². The molecule has 0 atom stereocenters. The standard InChI is InChI=1S/C26H25N3O6/c1-31-20-9-5-18(6-10-20)26-29-28-25(35-26)16-34-21-11-7-19(8-12-21)27-24(30)15-17-4-13-22(32-2)23(14-17)33-3/h4-14H,15-16H2,1-3H3,(H,27,30). The van der Waals surface area contributed by atoms with E-state index in [0.29, 0.717) is 34.7 Å². The Labute approximate surface area is 202 Å². The average molecular weight is 476 g/mol. The SMILES string of the molecule is COc1ccc(-c2nnc(COc3ccc(NC(=O)Cc4ccc(OC)c(OC)c4)cc3)o2)cc1. The number of ether oxygens (including phenoxy) is 4. The molecule has 1 heterocycles. The molecule has 9 nitrogen and oxygen atoms in total. The molecule has 0 saturated heterocycles. The van der Waals surface area contributed by atoms with E-state index in [2.05, 4.69) is 15.5 Å². The monoisotopic (exact) mass is 475 g/mol. The van der Waals surface area contributed by atoms with Crippen molar-refractivity contribution in [2.45, 2.75) is 13.0 Å². The van der Waals surface area contributed by atoms with Crippen LogP contribution in [0.25, 0.3) is 11.5 Å². The lowest BCUT2D eigenvalue weighted by molar-refractivity contribution is -0.115. The number of nitrogens with one attached hydrogen (secondary N) is 1. The summed E-state index contributed by atoms with van der Waals surface area (Å²) in [5.74, 6) is 3.15. The van der Waals surface area contributed by atoms with Gasteiger partial charge in [-0.25, -0.2) is 0 Å². The van der Waals surface area contributed by atoms with Crippen molar-refractivity contribution < 1.29 is 28.2 Å². The van der Waals surface area contributed by atoms with Gasteiger partial charge >= 0.3 is 0 Å². The Kier molecular flexibility index (Phi) is 7.47. The van der Waals surface area contributed by atoms with Crippen LogP contribution in [-0.4, -0.2) is 37.4 Å². The number of benzene rings is 3. The molecule has 0 saturated carbocycles. The summed E-state index contributed by atoms with van der Waals surface area (Å²) in [7, 11) is 4.74. The van der Waals surface area contributed by atoms with E-state index in [-0.39, 0.29) is 18.9 Å². The van der Waals surface area contributed by atoms with Crippen LogP contribution in [0.5, 0.6) is 23.0 Å². The summed E-state index contributed by atoms with van der Waals surface area (Å²) in [6.07, 6.45) is 0.201. The highest BCUT2D eigenvalue weighted by Gasteiger charge is 2.11. The Morgan fingerprint density at radius 1 is 0.829 bits per heavy atom. The van der Waals surface area contributed by atoms with Gasteiger partial charge in [0.1, 0.15) is 11.5 Å². The zero-order valence-electron chi connectivity index (χ0n) is 19.6. The van der Waals surface area contributed by atoms with Crippen molar-refractivity contribution in [2.75, 3.05) is 26.6 Å². The first-order chi connectivity index (χ1) is 17.1. The van der Waals surface area contributed by atoms with Gasteiger partial charge in [0.05, 0.1) is 27.8 Å². The number of methoxy groups -OCH3 is 3. The first-order valence-corrected chi connectivity index (χ1v) is 10.8. The Hall–Kier alpha value is -4.53. The van der Waals surface area contributed by atoms with E-state index in [1.807, 2.05) is 30.3 Å². The van der Waals surface area contributed by atoms with Gasteiger partial charge in [0.2, 0.25) is 11.8 Å². The smallest absolute Gasteiger partial charge is 0.254 e. The third-order valence-electron chi connectivity index (χ3n) is 5.12. The molecule has 180 valence electrons. The topological polar surface area (TPSA) is 105 Å². The van der Waals surface area contributed by atoms with Gasteiger partial charge in [-0.3, -0.25) is 4.79 Å². The molecule has 0 bridgehead atoms. The number of amides is 1. The molecule has 1 aromatic heterocycles. The maximum absolute atomic E-state index is 12.4. The van der Waals surface area contributed by atoms with Gasteiger partial charge in [-0.2, -0.15) is 0 Å². The third-order valence-corrected chi connectivity index (χ3v) is 5.12. The van der Waals surface area contributed by atoms with Gasteiger partial charge in [-0.1, -0.05) is 6.07 Å². The molecule has 0 radical (unpaired) electrons. The van der Waals surface area contributed by atoms with E-state index in [9.17, 15) is 4.79 Å². The highest BCUT2D eigenvalue weighted by molar-refractivity contribution is 5.92. The molecule has 0 unspecified atom stereocenters. The van der Waals surface area contributed by atoms with Crippen molar-refractivity contribution in [1.29, 1.82) is 0 Å². The predicted octanol–water partition coefficient (Wildman–Crippen LogP) is 4.52. The Morgan fingerprint density at radius 2 is 1.54 bits per heavy atom. The summed E-state index contributed by atoms with van der Waals surface area (Å²) < 4.78 is 27.1. The number of carbonyl (C=O) groups excluding carboxylic acids is 1. The van der Waals surface area contributed by atoms with E-state index in [0.717, 1.165) is 16.9 Å². The molecular formula is C26H25N3O6. The molecule has 1 N–H and O–H groups in total. The molecule has 0 aliphatic rings. The summed E-state index contributed by atoms with van der Waals surface area (Å²) in [6.45, 7) is 0.119. The lowest BCUT2D eigenvalue weighted by atomic mass is 10.1. The molecule has 4 aromatic rings. The molecule has 0 spiro atoms. The van der Waals surface area contributed by atoms with Crippen LogP contribution in [0.2, 0.25) is 0 Å². The van der Waals surface area contributed by atoms with Crippen LogP contribution >= 0.6 is 0 Å². The molecular weight excluding hydrogens is 450 g/mol. The number of aromatic nitrogens is 2. The second-order valence-corrected chi connectivity index (χ2v) is 7.46. The third kappa shape index (κ3) is 6.08. The van der Waals surface area contributed by atoms with Crippen LogP contribution in [0, 0.1) is 0 Å². The van der Waals surface area contributed by atoms with E-state index in [4.69, 9.17) is 23.4 Å². The fourth-order valence-electron chi connectivity index (χ4n) is 3.32. The maximum atomic E-state index is 12.4. The molecule has 35 heavy (non-hydrogen) atoms. The van der Waals surface area contributed by atoms with Crippen LogP contribution in [0.4, 0.5) is 5.69 Å². The minimum absolute atomic E-state index is 0.119. The number of carbonyl (C=O) groups is 1. The number of hydrogen-bond acceptors (Lipinski definition) is 8. The molecule has 0 aliphatic heterocycles. The second kappa shape index (κ2) is 11.1. The summed E-state index contributed by atoms with van der Waals surface area (Å²) in [4.78, 5) is 12.4. The number of rotatable bonds is 10. The second-order valence-electron chi connectivity index (χ2n) is 7.46. The zero-order valence-corrected chi connectivity index (χ0v) is 19.6. The van der Waals surface area contributed by atoms with Gasteiger partial charge in [0.25, 0.3) is 5.89 Å². The highest BCUT2D eigenvalue weighted by atomic mass is 16.5. The molecule has 1 amide bonds. The number of nitrogens with zero attached hydrogens (tertiary/aromatic N) is 2. The van der Waals surface area contributed by atoms with Crippen molar-refractivity contribution in [3.8, 4) is 34.5 Å². The quantitative estimate of drug-likeness (QED) is 0.357. The first kappa shape index (κ1) is 23.6. The van der Waals surface area contributed by atoms with Crippen LogP contribution in [0.3, 0.4) is 0 Å². The lowest BCUT2D eigenvalue weighted by Crippen LogP contribution is -2.14. The fourth-order valence-corrected chi connectivity index (χ4v) is 3.32. The number of anilines is 1. The highest BCUT2D eigenvalue weighted by Crippen LogP contribution is 2.28. The van der Waals surface area contributed by atoms with Gasteiger partial charge in [0, 0.05) is 11.3 Å². The van der Waals surface area contributed by atoms with Gasteiger partial charge in [-0.15, -0.1) is 10.2 Å². The first-order valence-electron chi connectivity index (χ1n) is 10.8. The summed E-state index contributed by atoms with van der Waals surface area (Å²) in [5, 5.41) is 11.0. The largest absolute Gasteiger partial charge is 0.497 e. The summed E-state index contributed by atoms with van der Waals surface area (Å²) >= 11 is 0. The van der Waals surface area contributed by atoms with Gasteiger partial charge < -0.3 is 28.7 Å². The number of hydrogen-bond donors (Lipinski definition) is 1. The minimum Gasteiger partial charge on any atom is -0.497 e. The molecule has 0 aliphatic carbocycles. The van der Waals surface area contributed by atoms with Gasteiger partial charge in [-0.05, 0) is 66.2 Å². The van der Waals surface area contributed by atoms with Crippen molar-refractivity contribution in [3.05, 3.63) is 78.2 Å². The zero-order chi connectivity index (χ0) is 24.6. The van der Waals surface area contributed by atoms with Crippen molar-refractivity contribution in [1.82, 2.24) is 10.2 Å².